The number of halogens is 1. The van der Waals surface area contributed by atoms with E-state index in [4.69, 9.17) is 21.3 Å². The zero-order valence-electron chi connectivity index (χ0n) is 16.2. The largest absolute Gasteiger partial charge is 0.436 e. The molecule has 0 spiro atoms. The van der Waals surface area contributed by atoms with Gasteiger partial charge in [-0.25, -0.2) is 4.98 Å². The van der Waals surface area contributed by atoms with E-state index in [0.29, 0.717) is 10.9 Å². The van der Waals surface area contributed by atoms with E-state index in [2.05, 4.69) is 48.3 Å². The summed E-state index contributed by atoms with van der Waals surface area (Å²) in [6, 6.07) is 10.2. The van der Waals surface area contributed by atoms with Crippen LogP contribution in [-0.4, -0.2) is 22.3 Å². The Morgan fingerprint density at radius 3 is 2.54 bits per heavy atom. The van der Waals surface area contributed by atoms with Crippen LogP contribution in [0.1, 0.15) is 23.1 Å². The molecule has 1 saturated heterocycles. The molecule has 1 aromatic carbocycles. The van der Waals surface area contributed by atoms with Crippen molar-refractivity contribution in [3.63, 3.8) is 0 Å². The molecule has 4 nitrogen and oxygen atoms in total. The monoisotopic (exact) mass is 411 g/mol. The Morgan fingerprint density at radius 2 is 1.86 bits per heavy atom. The molecule has 0 radical (unpaired) electrons. The van der Waals surface area contributed by atoms with Gasteiger partial charge in [-0.05, 0) is 68.5 Å². The van der Waals surface area contributed by atoms with Crippen LogP contribution in [0.5, 0.6) is 11.6 Å². The van der Waals surface area contributed by atoms with E-state index < -0.39 is 0 Å². The molecule has 0 N–H and O–H groups in total. The fraction of sp³-hybridized carbons (Fsp3) is 0.273. The summed E-state index contributed by atoms with van der Waals surface area (Å²) in [6.07, 6.45) is 4.55. The molecule has 0 aliphatic carbocycles. The number of aromatic nitrogens is 2. The molecule has 0 atom stereocenters. The zero-order chi connectivity index (χ0) is 19.7. The van der Waals surface area contributed by atoms with Crippen LogP contribution >= 0.6 is 23.5 Å². The first-order chi connectivity index (χ1) is 13.5. The molecule has 4 rings (SSSR count). The van der Waals surface area contributed by atoms with Gasteiger partial charge in [0.05, 0.1) is 10.7 Å². The van der Waals surface area contributed by atoms with Crippen molar-refractivity contribution in [2.75, 3.05) is 16.6 Å². The molecule has 2 aromatic heterocycles. The second kappa shape index (κ2) is 8.02. The summed E-state index contributed by atoms with van der Waals surface area (Å²) in [5.41, 5.74) is 6.10. The van der Waals surface area contributed by atoms with Crippen LogP contribution in [0.4, 0.5) is 5.69 Å². The molecule has 1 aliphatic rings. The normalized spacial score (nSPS) is 13.8. The minimum atomic E-state index is 0.589. The van der Waals surface area contributed by atoms with E-state index in [9.17, 15) is 0 Å². The zero-order valence-corrected chi connectivity index (χ0v) is 17.8. The molecule has 144 valence electrons. The Balaban J connectivity index is 1.79. The Morgan fingerprint density at radius 1 is 1.07 bits per heavy atom. The third-order valence-electron chi connectivity index (χ3n) is 4.67. The summed E-state index contributed by atoms with van der Waals surface area (Å²) in [4.78, 5) is 9.04. The minimum Gasteiger partial charge on any atom is -0.436 e. The van der Waals surface area contributed by atoms with Crippen LogP contribution in [0.2, 0.25) is 5.02 Å². The predicted molar refractivity (Wildman–Crippen MR) is 118 cm³/mol. The van der Waals surface area contributed by atoms with E-state index in [1.807, 2.05) is 24.1 Å². The van der Waals surface area contributed by atoms with E-state index in [0.717, 1.165) is 52.5 Å². The standard InChI is InChI=1S/C22H22ClN3OS/c1-14-9-15(2)21(16(3)10-14)27-22-20(26-7-4-8-28-26)6-5-19(25-22)17-11-18(23)13-24-12-17/h5-6,9-13H,4,7-8H2,1-3H3. The van der Waals surface area contributed by atoms with Crippen molar-refractivity contribution in [3.05, 3.63) is 64.4 Å². The molecule has 6 heteroatoms. The lowest BCUT2D eigenvalue weighted by molar-refractivity contribution is 0.457. The van der Waals surface area contributed by atoms with Crippen LogP contribution in [0, 0.1) is 20.8 Å². The second-order valence-electron chi connectivity index (χ2n) is 7.03. The van der Waals surface area contributed by atoms with Crippen LogP contribution < -0.4 is 9.04 Å². The number of anilines is 1. The van der Waals surface area contributed by atoms with E-state index in [1.54, 1.807) is 12.4 Å². The first kappa shape index (κ1) is 19.1. The van der Waals surface area contributed by atoms with Crippen LogP contribution in [-0.2, 0) is 0 Å². The maximum atomic E-state index is 6.41. The van der Waals surface area contributed by atoms with Gasteiger partial charge >= 0.3 is 0 Å². The molecule has 1 fully saturated rings. The fourth-order valence-corrected chi connectivity index (χ4v) is 4.66. The molecular formula is C22H22ClN3OS. The molecule has 3 heterocycles. The molecule has 1 aliphatic heterocycles. The lowest BCUT2D eigenvalue weighted by Crippen LogP contribution is -2.11. The van der Waals surface area contributed by atoms with Gasteiger partial charge in [0.25, 0.3) is 0 Å². The van der Waals surface area contributed by atoms with Crippen molar-refractivity contribution in [1.29, 1.82) is 0 Å². The number of aryl methyl sites for hydroxylation is 3. The molecular weight excluding hydrogens is 390 g/mol. The van der Waals surface area contributed by atoms with Crippen molar-refractivity contribution in [1.82, 2.24) is 9.97 Å². The van der Waals surface area contributed by atoms with Crippen LogP contribution in [0.15, 0.2) is 42.7 Å². The third kappa shape index (κ3) is 3.96. The number of benzene rings is 1. The lowest BCUT2D eigenvalue weighted by Gasteiger charge is -2.21. The number of hydrogen-bond acceptors (Lipinski definition) is 5. The first-order valence-electron chi connectivity index (χ1n) is 9.29. The number of hydrogen-bond donors (Lipinski definition) is 0. The summed E-state index contributed by atoms with van der Waals surface area (Å²) >= 11 is 7.94. The quantitative estimate of drug-likeness (QED) is 0.466. The van der Waals surface area contributed by atoms with Crippen LogP contribution in [0.3, 0.4) is 0 Å². The van der Waals surface area contributed by atoms with Crippen molar-refractivity contribution < 1.29 is 4.74 Å². The van der Waals surface area contributed by atoms with Crippen molar-refractivity contribution in [3.8, 4) is 22.9 Å². The molecule has 0 bridgehead atoms. The average Bonchev–Trinajstić information content (AvgIpc) is 3.19. The van der Waals surface area contributed by atoms with Crippen molar-refractivity contribution >= 4 is 29.2 Å². The average molecular weight is 412 g/mol. The van der Waals surface area contributed by atoms with Gasteiger partial charge in [0.15, 0.2) is 0 Å². The smallest absolute Gasteiger partial charge is 0.244 e. The molecule has 0 amide bonds. The summed E-state index contributed by atoms with van der Waals surface area (Å²) < 4.78 is 8.68. The fourth-order valence-electron chi connectivity index (χ4n) is 3.47. The summed E-state index contributed by atoms with van der Waals surface area (Å²) in [5.74, 6) is 2.59. The van der Waals surface area contributed by atoms with Gasteiger partial charge in [0, 0.05) is 30.3 Å². The highest BCUT2D eigenvalue weighted by Gasteiger charge is 2.21. The Labute approximate surface area is 175 Å². The molecule has 28 heavy (non-hydrogen) atoms. The summed E-state index contributed by atoms with van der Waals surface area (Å²) in [5, 5.41) is 0.589. The Bertz CT molecular complexity index is 995. The highest BCUT2D eigenvalue weighted by atomic mass is 35.5. The van der Waals surface area contributed by atoms with E-state index in [-0.39, 0.29) is 0 Å². The van der Waals surface area contributed by atoms with Crippen molar-refractivity contribution in [2.24, 2.45) is 0 Å². The highest BCUT2D eigenvalue weighted by molar-refractivity contribution is 8.00. The van der Waals surface area contributed by atoms with Gasteiger partial charge in [-0.1, -0.05) is 29.3 Å². The van der Waals surface area contributed by atoms with E-state index >= 15 is 0 Å². The summed E-state index contributed by atoms with van der Waals surface area (Å²) in [6.45, 7) is 7.24. The summed E-state index contributed by atoms with van der Waals surface area (Å²) in [7, 11) is 0. The Hall–Kier alpha value is -2.24. The lowest BCUT2D eigenvalue weighted by atomic mass is 10.1. The maximum Gasteiger partial charge on any atom is 0.244 e. The third-order valence-corrected chi connectivity index (χ3v) is 6.03. The topological polar surface area (TPSA) is 38.3 Å². The van der Waals surface area contributed by atoms with Gasteiger partial charge in [-0.15, -0.1) is 0 Å². The van der Waals surface area contributed by atoms with Gasteiger partial charge in [0.1, 0.15) is 11.4 Å². The number of nitrogens with zero attached hydrogens (tertiary/aromatic N) is 3. The van der Waals surface area contributed by atoms with Gasteiger partial charge in [-0.3, -0.25) is 4.98 Å². The van der Waals surface area contributed by atoms with E-state index in [1.165, 1.54) is 5.56 Å². The Kier molecular flexibility index (Phi) is 5.47. The number of pyridine rings is 2. The van der Waals surface area contributed by atoms with Gasteiger partial charge in [0.2, 0.25) is 5.88 Å². The molecule has 3 aromatic rings. The first-order valence-corrected chi connectivity index (χ1v) is 10.6. The van der Waals surface area contributed by atoms with Crippen LogP contribution in [0.25, 0.3) is 11.3 Å². The highest BCUT2D eigenvalue weighted by Crippen LogP contribution is 2.40. The van der Waals surface area contributed by atoms with Gasteiger partial charge < -0.3 is 9.04 Å². The number of rotatable bonds is 4. The minimum absolute atomic E-state index is 0.589. The molecule has 0 unspecified atom stereocenters. The predicted octanol–water partition coefficient (Wildman–Crippen LogP) is 6.37. The molecule has 0 saturated carbocycles. The second-order valence-corrected chi connectivity index (χ2v) is 8.58. The van der Waals surface area contributed by atoms with Crippen molar-refractivity contribution in [2.45, 2.75) is 27.2 Å². The maximum absolute atomic E-state index is 6.41. The SMILES string of the molecule is Cc1cc(C)c(Oc2nc(-c3cncc(Cl)c3)ccc2N2CCCS2)c(C)c1. The van der Waals surface area contributed by atoms with Gasteiger partial charge in [-0.2, -0.15) is 0 Å². The number of ether oxygens (including phenoxy) is 1.